The molecule has 1 aliphatic rings. The molecule has 0 unspecified atom stereocenters. The van der Waals surface area contributed by atoms with E-state index in [0.29, 0.717) is 12.4 Å². The minimum atomic E-state index is -1.03. The molecule has 0 spiro atoms. The fourth-order valence-corrected chi connectivity index (χ4v) is 2.14. The van der Waals surface area contributed by atoms with Crippen LogP contribution in [0.25, 0.3) is 0 Å². The highest BCUT2D eigenvalue weighted by atomic mass is 16.4. The second-order valence-electron chi connectivity index (χ2n) is 4.35. The number of carboxylic acid groups (broad SMARTS) is 1. The number of rotatable bonds is 4. The molecule has 1 aliphatic carbocycles. The number of aromatic nitrogens is 1. The summed E-state index contributed by atoms with van der Waals surface area (Å²) in [6.45, 7) is 0.636. The third-order valence-electron chi connectivity index (χ3n) is 3.13. The minimum Gasteiger partial charge on any atom is -0.477 e. The maximum atomic E-state index is 10.7. The van der Waals surface area contributed by atoms with Crippen LogP contribution in [-0.2, 0) is 0 Å². The number of anilines is 1. The molecule has 0 aromatic carbocycles. The van der Waals surface area contributed by atoms with Gasteiger partial charge in [-0.3, -0.25) is 0 Å². The highest BCUT2D eigenvalue weighted by Gasteiger charge is 2.24. The largest absolute Gasteiger partial charge is 0.477 e. The number of carboxylic acids is 1. The van der Waals surface area contributed by atoms with E-state index in [-0.39, 0.29) is 17.7 Å². The van der Waals surface area contributed by atoms with Crippen LogP contribution in [-0.4, -0.2) is 33.8 Å². The Morgan fingerprint density at radius 1 is 1.47 bits per heavy atom. The first-order valence-corrected chi connectivity index (χ1v) is 5.79. The number of pyridine rings is 1. The van der Waals surface area contributed by atoms with Gasteiger partial charge in [-0.1, -0.05) is 12.5 Å². The Kier molecular flexibility index (Phi) is 3.58. The van der Waals surface area contributed by atoms with E-state index in [0.717, 1.165) is 19.3 Å². The molecule has 92 valence electrons. The van der Waals surface area contributed by atoms with Crippen molar-refractivity contribution in [3.8, 4) is 0 Å². The number of carbonyl (C=O) groups is 1. The quantitative estimate of drug-likeness (QED) is 0.735. The second-order valence-corrected chi connectivity index (χ2v) is 4.35. The summed E-state index contributed by atoms with van der Waals surface area (Å²) >= 11 is 0. The molecule has 1 saturated carbocycles. The number of hydrogen-bond acceptors (Lipinski definition) is 4. The summed E-state index contributed by atoms with van der Waals surface area (Å²) in [5, 5.41) is 21.5. The SMILES string of the molecule is O=C(O)c1cccc(NC[C@@H]2CCC[C@H]2O)n1. The molecule has 0 aliphatic heterocycles. The number of aliphatic hydroxyl groups excluding tert-OH is 1. The van der Waals surface area contributed by atoms with Crippen LogP contribution in [0.2, 0.25) is 0 Å². The topological polar surface area (TPSA) is 82.5 Å². The molecule has 2 atom stereocenters. The zero-order valence-corrected chi connectivity index (χ0v) is 9.47. The molecule has 0 radical (unpaired) electrons. The Morgan fingerprint density at radius 3 is 2.94 bits per heavy atom. The molecule has 0 saturated heterocycles. The number of aliphatic hydroxyl groups is 1. The van der Waals surface area contributed by atoms with Crippen molar-refractivity contribution in [1.29, 1.82) is 0 Å². The smallest absolute Gasteiger partial charge is 0.354 e. The second kappa shape index (κ2) is 5.14. The number of hydrogen-bond donors (Lipinski definition) is 3. The Balaban J connectivity index is 1.94. The van der Waals surface area contributed by atoms with Gasteiger partial charge in [-0.25, -0.2) is 9.78 Å². The van der Waals surface area contributed by atoms with Gasteiger partial charge in [0.1, 0.15) is 5.82 Å². The van der Waals surface area contributed by atoms with Gasteiger partial charge in [0.2, 0.25) is 0 Å². The van der Waals surface area contributed by atoms with Crippen LogP contribution in [0.5, 0.6) is 0 Å². The van der Waals surface area contributed by atoms with E-state index < -0.39 is 5.97 Å². The molecule has 1 fully saturated rings. The lowest BCUT2D eigenvalue weighted by molar-refractivity contribution is 0.0690. The van der Waals surface area contributed by atoms with E-state index in [4.69, 9.17) is 5.11 Å². The molecule has 5 nitrogen and oxygen atoms in total. The standard InChI is InChI=1S/C12H16N2O3/c15-10-5-1-3-8(10)7-13-11-6-2-4-9(14-11)12(16)17/h2,4,6,8,10,15H,1,3,5,7H2,(H,13,14)(H,16,17)/t8-,10+/m0/s1. The molecule has 0 bridgehead atoms. The molecular weight excluding hydrogens is 220 g/mol. The minimum absolute atomic E-state index is 0.0296. The van der Waals surface area contributed by atoms with Crippen LogP contribution < -0.4 is 5.32 Å². The highest BCUT2D eigenvalue weighted by molar-refractivity contribution is 5.85. The number of aromatic carboxylic acids is 1. The van der Waals surface area contributed by atoms with Crippen molar-refractivity contribution in [2.75, 3.05) is 11.9 Å². The Morgan fingerprint density at radius 2 is 2.29 bits per heavy atom. The Labute approximate surface area is 99.5 Å². The van der Waals surface area contributed by atoms with E-state index >= 15 is 0 Å². The van der Waals surface area contributed by atoms with Gasteiger partial charge in [-0.15, -0.1) is 0 Å². The summed E-state index contributed by atoms with van der Waals surface area (Å²) in [7, 11) is 0. The van der Waals surface area contributed by atoms with Gasteiger partial charge >= 0.3 is 5.97 Å². The van der Waals surface area contributed by atoms with Gasteiger partial charge in [-0.2, -0.15) is 0 Å². The lowest BCUT2D eigenvalue weighted by Gasteiger charge is -2.15. The zero-order valence-electron chi connectivity index (χ0n) is 9.47. The maximum Gasteiger partial charge on any atom is 0.354 e. The van der Waals surface area contributed by atoms with E-state index in [9.17, 15) is 9.90 Å². The van der Waals surface area contributed by atoms with Gasteiger partial charge < -0.3 is 15.5 Å². The average molecular weight is 236 g/mol. The summed E-state index contributed by atoms with van der Waals surface area (Å²) in [6.07, 6.45) is 2.67. The summed E-state index contributed by atoms with van der Waals surface area (Å²) in [4.78, 5) is 14.7. The Hall–Kier alpha value is -1.62. The summed E-state index contributed by atoms with van der Waals surface area (Å²) in [6, 6.07) is 4.84. The first-order valence-electron chi connectivity index (χ1n) is 5.79. The van der Waals surface area contributed by atoms with Gasteiger partial charge in [0, 0.05) is 12.5 Å². The molecule has 5 heteroatoms. The number of nitrogens with zero attached hydrogens (tertiary/aromatic N) is 1. The summed E-state index contributed by atoms with van der Waals surface area (Å²) in [5.41, 5.74) is 0.0296. The Bertz CT molecular complexity index is 408. The first kappa shape index (κ1) is 11.9. The van der Waals surface area contributed by atoms with Gasteiger partial charge in [0.15, 0.2) is 5.69 Å². The van der Waals surface area contributed by atoms with Gasteiger partial charge in [0.05, 0.1) is 6.10 Å². The van der Waals surface area contributed by atoms with E-state index in [1.807, 2.05) is 0 Å². The molecule has 2 rings (SSSR count). The molecule has 1 aromatic rings. The summed E-state index contributed by atoms with van der Waals surface area (Å²) < 4.78 is 0. The number of nitrogens with one attached hydrogen (secondary N) is 1. The van der Waals surface area contributed by atoms with Crippen molar-refractivity contribution in [1.82, 2.24) is 4.98 Å². The van der Waals surface area contributed by atoms with Crippen molar-refractivity contribution < 1.29 is 15.0 Å². The molecule has 1 heterocycles. The summed E-state index contributed by atoms with van der Waals surface area (Å²) in [5.74, 6) is -0.246. The van der Waals surface area contributed by atoms with Crippen LogP contribution in [0, 0.1) is 5.92 Å². The van der Waals surface area contributed by atoms with Crippen LogP contribution in [0.3, 0.4) is 0 Å². The van der Waals surface area contributed by atoms with Crippen molar-refractivity contribution >= 4 is 11.8 Å². The van der Waals surface area contributed by atoms with E-state index in [1.54, 1.807) is 12.1 Å². The molecule has 17 heavy (non-hydrogen) atoms. The van der Waals surface area contributed by atoms with Crippen molar-refractivity contribution in [3.63, 3.8) is 0 Å². The third kappa shape index (κ3) is 2.94. The molecule has 0 amide bonds. The normalized spacial score (nSPS) is 23.6. The average Bonchev–Trinajstić information content (AvgIpc) is 2.72. The predicted octanol–water partition coefficient (Wildman–Crippen LogP) is 1.35. The van der Waals surface area contributed by atoms with E-state index in [2.05, 4.69) is 10.3 Å². The fourth-order valence-electron chi connectivity index (χ4n) is 2.14. The van der Waals surface area contributed by atoms with E-state index in [1.165, 1.54) is 6.07 Å². The highest BCUT2D eigenvalue weighted by Crippen LogP contribution is 2.25. The fraction of sp³-hybridized carbons (Fsp3) is 0.500. The molecule has 3 N–H and O–H groups in total. The van der Waals surface area contributed by atoms with Crippen molar-refractivity contribution in [2.24, 2.45) is 5.92 Å². The molecular formula is C12H16N2O3. The molecule has 1 aromatic heterocycles. The van der Waals surface area contributed by atoms with Crippen LogP contribution in [0.15, 0.2) is 18.2 Å². The maximum absolute atomic E-state index is 10.7. The monoisotopic (exact) mass is 236 g/mol. The van der Waals surface area contributed by atoms with Crippen LogP contribution >= 0.6 is 0 Å². The lowest BCUT2D eigenvalue weighted by atomic mass is 10.1. The van der Waals surface area contributed by atoms with Crippen LogP contribution in [0.1, 0.15) is 29.8 Å². The zero-order chi connectivity index (χ0) is 12.3. The van der Waals surface area contributed by atoms with Crippen LogP contribution in [0.4, 0.5) is 5.82 Å². The van der Waals surface area contributed by atoms with Gasteiger partial charge in [0.25, 0.3) is 0 Å². The first-order chi connectivity index (χ1) is 8.16. The van der Waals surface area contributed by atoms with Crippen molar-refractivity contribution in [3.05, 3.63) is 23.9 Å². The predicted molar refractivity (Wildman–Crippen MR) is 63.0 cm³/mol. The van der Waals surface area contributed by atoms with Crippen molar-refractivity contribution in [2.45, 2.75) is 25.4 Å². The lowest BCUT2D eigenvalue weighted by Crippen LogP contribution is -2.22. The van der Waals surface area contributed by atoms with Gasteiger partial charge in [-0.05, 0) is 25.0 Å². The third-order valence-corrected chi connectivity index (χ3v) is 3.13.